The fourth-order valence-corrected chi connectivity index (χ4v) is 2.26. The molecule has 0 aliphatic rings. The molecule has 15 heavy (non-hydrogen) atoms. The first kappa shape index (κ1) is 13.0. The zero-order valence-electron chi connectivity index (χ0n) is 8.88. The highest BCUT2D eigenvalue weighted by Gasteiger charge is 2.09. The fourth-order valence-electron chi connectivity index (χ4n) is 1.49. The lowest BCUT2D eigenvalue weighted by Gasteiger charge is -2.14. The molecule has 0 saturated heterocycles. The van der Waals surface area contributed by atoms with E-state index in [0.29, 0.717) is 5.92 Å². The number of benzene rings is 1. The van der Waals surface area contributed by atoms with Crippen LogP contribution in [0.15, 0.2) is 24.3 Å². The minimum atomic E-state index is 0.588. The highest BCUT2D eigenvalue weighted by molar-refractivity contribution is 9.09. The third-order valence-electron chi connectivity index (χ3n) is 2.41. The van der Waals surface area contributed by atoms with E-state index in [0.717, 1.165) is 29.8 Å². The van der Waals surface area contributed by atoms with Crippen LogP contribution in [0, 0.1) is 5.92 Å². The molecule has 0 saturated carbocycles. The molecule has 1 nitrogen and oxygen atoms in total. The minimum Gasteiger partial charge on any atom is -0.385 e. The quantitative estimate of drug-likeness (QED) is 0.722. The van der Waals surface area contributed by atoms with E-state index < -0.39 is 0 Å². The molecular formula is C12H16BrClO. The van der Waals surface area contributed by atoms with Gasteiger partial charge in [0.2, 0.25) is 0 Å². The third-order valence-corrected chi connectivity index (χ3v) is 3.70. The molecule has 0 fully saturated rings. The van der Waals surface area contributed by atoms with E-state index in [1.807, 2.05) is 18.2 Å². The molecule has 0 spiro atoms. The number of halogens is 2. The lowest BCUT2D eigenvalue weighted by molar-refractivity contribution is 0.181. The Morgan fingerprint density at radius 3 is 2.73 bits per heavy atom. The minimum absolute atomic E-state index is 0.588. The van der Waals surface area contributed by atoms with Gasteiger partial charge < -0.3 is 4.74 Å². The summed E-state index contributed by atoms with van der Waals surface area (Å²) < 4.78 is 5.09. The van der Waals surface area contributed by atoms with Gasteiger partial charge in [-0.15, -0.1) is 0 Å². The van der Waals surface area contributed by atoms with E-state index in [2.05, 4.69) is 22.0 Å². The first-order valence-corrected chi connectivity index (χ1v) is 6.56. The predicted octanol–water partition coefficient (Wildman–Crippen LogP) is 3.93. The molecule has 0 aromatic heterocycles. The number of alkyl halides is 1. The number of hydrogen-bond donors (Lipinski definition) is 0. The summed E-state index contributed by atoms with van der Waals surface area (Å²) in [5.74, 6) is 0.588. The average Bonchev–Trinajstić information content (AvgIpc) is 2.26. The zero-order chi connectivity index (χ0) is 11.1. The molecule has 1 aromatic carbocycles. The summed E-state index contributed by atoms with van der Waals surface area (Å²) in [5.41, 5.74) is 1.22. The van der Waals surface area contributed by atoms with Gasteiger partial charge in [0, 0.05) is 24.1 Å². The van der Waals surface area contributed by atoms with Crippen molar-refractivity contribution in [3.05, 3.63) is 34.9 Å². The highest BCUT2D eigenvalue weighted by Crippen LogP contribution is 2.21. The van der Waals surface area contributed by atoms with Gasteiger partial charge in [0.15, 0.2) is 0 Å². The van der Waals surface area contributed by atoms with Gasteiger partial charge in [0.25, 0.3) is 0 Å². The van der Waals surface area contributed by atoms with Crippen molar-refractivity contribution in [1.82, 2.24) is 0 Å². The van der Waals surface area contributed by atoms with E-state index in [1.165, 1.54) is 5.56 Å². The van der Waals surface area contributed by atoms with Crippen molar-refractivity contribution < 1.29 is 4.74 Å². The van der Waals surface area contributed by atoms with Crippen molar-refractivity contribution in [2.45, 2.75) is 12.8 Å². The molecule has 0 bridgehead atoms. The van der Waals surface area contributed by atoms with Gasteiger partial charge in [0.1, 0.15) is 0 Å². The van der Waals surface area contributed by atoms with Crippen molar-refractivity contribution in [2.24, 2.45) is 5.92 Å². The number of ether oxygens (including phenoxy) is 1. The van der Waals surface area contributed by atoms with E-state index in [9.17, 15) is 0 Å². The van der Waals surface area contributed by atoms with E-state index >= 15 is 0 Å². The third kappa shape index (κ3) is 4.54. The maximum atomic E-state index is 6.11. The largest absolute Gasteiger partial charge is 0.385 e. The van der Waals surface area contributed by atoms with Gasteiger partial charge in [-0.3, -0.25) is 0 Å². The molecular weight excluding hydrogens is 275 g/mol. The van der Waals surface area contributed by atoms with Gasteiger partial charge in [-0.25, -0.2) is 0 Å². The van der Waals surface area contributed by atoms with Gasteiger partial charge in [-0.2, -0.15) is 0 Å². The first-order chi connectivity index (χ1) is 7.27. The van der Waals surface area contributed by atoms with Crippen LogP contribution in [0.3, 0.4) is 0 Å². The van der Waals surface area contributed by atoms with Crippen molar-refractivity contribution in [3.8, 4) is 0 Å². The Morgan fingerprint density at radius 1 is 1.40 bits per heavy atom. The Hall–Kier alpha value is -0.0500. The number of rotatable bonds is 6. The van der Waals surface area contributed by atoms with Crippen LogP contribution in [0.2, 0.25) is 5.02 Å². The molecule has 84 valence electrons. The summed E-state index contributed by atoms with van der Waals surface area (Å²) in [5, 5.41) is 1.85. The molecule has 0 aliphatic carbocycles. The monoisotopic (exact) mass is 290 g/mol. The Bertz CT molecular complexity index is 291. The standard InChI is InChI=1S/C12H16BrClO/c1-15-7-6-10(9-13)8-11-4-2-3-5-12(11)14/h2-5,10H,6-9H2,1H3. The van der Waals surface area contributed by atoms with E-state index in [-0.39, 0.29) is 0 Å². The van der Waals surface area contributed by atoms with Crippen LogP contribution in [0.25, 0.3) is 0 Å². The lowest BCUT2D eigenvalue weighted by Crippen LogP contribution is -2.09. The van der Waals surface area contributed by atoms with Crippen molar-refractivity contribution in [1.29, 1.82) is 0 Å². The van der Waals surface area contributed by atoms with E-state index in [1.54, 1.807) is 7.11 Å². The topological polar surface area (TPSA) is 9.23 Å². The van der Waals surface area contributed by atoms with Crippen LogP contribution in [-0.4, -0.2) is 19.0 Å². The predicted molar refractivity (Wildman–Crippen MR) is 68.9 cm³/mol. The molecule has 0 N–H and O–H groups in total. The second kappa shape index (κ2) is 7.26. The second-order valence-electron chi connectivity index (χ2n) is 3.60. The van der Waals surface area contributed by atoms with Gasteiger partial charge in [0.05, 0.1) is 0 Å². The Labute approximate surface area is 105 Å². The van der Waals surface area contributed by atoms with Gasteiger partial charge >= 0.3 is 0 Å². The fraction of sp³-hybridized carbons (Fsp3) is 0.500. The first-order valence-electron chi connectivity index (χ1n) is 5.06. The maximum Gasteiger partial charge on any atom is 0.0465 e. The average molecular weight is 292 g/mol. The molecule has 1 atom stereocenters. The van der Waals surface area contributed by atoms with Crippen molar-refractivity contribution in [2.75, 3.05) is 19.0 Å². The van der Waals surface area contributed by atoms with Crippen LogP contribution < -0.4 is 0 Å². The zero-order valence-corrected chi connectivity index (χ0v) is 11.2. The summed E-state index contributed by atoms with van der Waals surface area (Å²) >= 11 is 9.64. The van der Waals surface area contributed by atoms with Crippen LogP contribution in [0.5, 0.6) is 0 Å². The number of hydrogen-bond acceptors (Lipinski definition) is 1. The molecule has 1 aromatic rings. The Kier molecular flexibility index (Phi) is 6.30. The normalized spacial score (nSPS) is 12.7. The van der Waals surface area contributed by atoms with Crippen LogP contribution in [-0.2, 0) is 11.2 Å². The van der Waals surface area contributed by atoms with Crippen molar-refractivity contribution in [3.63, 3.8) is 0 Å². The molecule has 1 rings (SSSR count). The van der Waals surface area contributed by atoms with Crippen LogP contribution >= 0.6 is 27.5 Å². The second-order valence-corrected chi connectivity index (χ2v) is 4.65. The smallest absolute Gasteiger partial charge is 0.0465 e. The molecule has 0 aliphatic heterocycles. The molecule has 3 heteroatoms. The molecule has 1 unspecified atom stereocenters. The number of methoxy groups -OCH3 is 1. The Balaban J connectivity index is 2.54. The molecule has 0 heterocycles. The Morgan fingerprint density at radius 2 is 2.13 bits per heavy atom. The summed E-state index contributed by atoms with van der Waals surface area (Å²) in [7, 11) is 1.74. The molecule has 0 amide bonds. The summed E-state index contributed by atoms with van der Waals surface area (Å²) in [6.07, 6.45) is 2.07. The van der Waals surface area contributed by atoms with Crippen molar-refractivity contribution >= 4 is 27.5 Å². The van der Waals surface area contributed by atoms with Gasteiger partial charge in [-0.1, -0.05) is 45.7 Å². The maximum absolute atomic E-state index is 6.11. The lowest BCUT2D eigenvalue weighted by atomic mass is 9.98. The summed E-state index contributed by atoms with van der Waals surface area (Å²) in [6.45, 7) is 0.806. The van der Waals surface area contributed by atoms with E-state index in [4.69, 9.17) is 16.3 Å². The summed E-state index contributed by atoms with van der Waals surface area (Å²) in [4.78, 5) is 0. The SMILES string of the molecule is COCCC(CBr)Cc1ccccc1Cl. The van der Waals surface area contributed by atoms with Crippen LogP contribution in [0.4, 0.5) is 0 Å². The highest BCUT2D eigenvalue weighted by atomic mass is 79.9. The van der Waals surface area contributed by atoms with Crippen LogP contribution in [0.1, 0.15) is 12.0 Å². The van der Waals surface area contributed by atoms with Gasteiger partial charge in [-0.05, 0) is 30.4 Å². The molecule has 0 radical (unpaired) electrons. The summed E-state index contributed by atoms with van der Waals surface area (Å²) in [6, 6.07) is 8.02.